The average molecular weight is 372 g/mol. The summed E-state index contributed by atoms with van der Waals surface area (Å²) in [7, 11) is 0. The smallest absolute Gasteiger partial charge is 0.310 e. The predicted molar refractivity (Wildman–Crippen MR) is 100 cm³/mol. The van der Waals surface area contributed by atoms with Gasteiger partial charge in [-0.25, -0.2) is 0 Å². The van der Waals surface area contributed by atoms with Gasteiger partial charge >= 0.3 is 5.97 Å². The van der Waals surface area contributed by atoms with Gasteiger partial charge in [-0.1, -0.05) is 0 Å². The lowest BCUT2D eigenvalue weighted by Gasteiger charge is -2.11. The molecule has 2 aromatic carbocycles. The first kappa shape index (κ1) is 17.7. The zero-order valence-corrected chi connectivity index (χ0v) is 15.3. The number of fused-ring (bicyclic) bond motifs is 1. The van der Waals surface area contributed by atoms with E-state index in [0.29, 0.717) is 21.6 Å². The van der Waals surface area contributed by atoms with Gasteiger partial charge in [-0.15, -0.1) is 11.3 Å². The van der Waals surface area contributed by atoms with E-state index >= 15 is 0 Å². The minimum absolute atomic E-state index is 0.166. The van der Waals surface area contributed by atoms with Crippen molar-refractivity contribution < 1.29 is 19.2 Å². The number of hydrogen-bond acceptors (Lipinski definition) is 4. The normalized spacial score (nSPS) is 13.6. The van der Waals surface area contributed by atoms with Crippen LogP contribution in [0.5, 0.6) is 0 Å². The van der Waals surface area contributed by atoms with Gasteiger partial charge in [0.15, 0.2) is 10.7 Å². The number of carbonyl (C=O) groups excluding carboxylic acids is 1. The quantitative estimate of drug-likeness (QED) is 0.541. The van der Waals surface area contributed by atoms with E-state index in [-0.39, 0.29) is 5.78 Å². The van der Waals surface area contributed by atoms with E-state index in [9.17, 15) is 19.2 Å². The van der Waals surface area contributed by atoms with Gasteiger partial charge in [0.25, 0.3) is 0 Å². The van der Waals surface area contributed by atoms with Crippen molar-refractivity contribution in [3.63, 3.8) is 0 Å². The SMILES string of the molecule is CC(C(=O)O)c1cc(C(=O)c2ccc([S+](C)[O-])cc2)c2sccc2c1. The van der Waals surface area contributed by atoms with E-state index in [1.165, 1.54) is 11.3 Å². The lowest BCUT2D eigenvalue weighted by atomic mass is 9.94. The Morgan fingerprint density at radius 3 is 2.44 bits per heavy atom. The van der Waals surface area contributed by atoms with Gasteiger partial charge in [-0.05, 0) is 76.9 Å². The van der Waals surface area contributed by atoms with Crippen molar-refractivity contribution in [1.29, 1.82) is 0 Å². The van der Waals surface area contributed by atoms with Gasteiger partial charge in [-0.3, -0.25) is 9.59 Å². The molecule has 1 N–H and O–H groups in total. The number of carboxylic acid groups (broad SMARTS) is 1. The molecule has 0 aliphatic heterocycles. The van der Waals surface area contributed by atoms with Gasteiger partial charge in [0.1, 0.15) is 6.26 Å². The van der Waals surface area contributed by atoms with E-state index in [0.717, 1.165) is 10.1 Å². The van der Waals surface area contributed by atoms with E-state index in [4.69, 9.17) is 0 Å². The molecule has 0 aliphatic rings. The molecule has 0 aliphatic carbocycles. The van der Waals surface area contributed by atoms with E-state index in [1.54, 1.807) is 43.5 Å². The molecular weight excluding hydrogens is 356 g/mol. The summed E-state index contributed by atoms with van der Waals surface area (Å²) >= 11 is 0.357. The van der Waals surface area contributed by atoms with Crippen molar-refractivity contribution in [3.05, 3.63) is 64.5 Å². The molecule has 1 heterocycles. The molecule has 2 unspecified atom stereocenters. The number of benzene rings is 2. The summed E-state index contributed by atoms with van der Waals surface area (Å²) in [6.07, 6.45) is 1.59. The third-order valence-electron chi connectivity index (χ3n) is 4.14. The summed E-state index contributed by atoms with van der Waals surface area (Å²) in [5.41, 5.74) is 1.60. The number of aliphatic carboxylic acids is 1. The molecular formula is C19H16O4S2. The number of rotatable bonds is 5. The second kappa shape index (κ2) is 7.00. The van der Waals surface area contributed by atoms with Crippen LogP contribution < -0.4 is 0 Å². The summed E-state index contributed by atoms with van der Waals surface area (Å²) < 4.78 is 12.3. The van der Waals surface area contributed by atoms with Crippen molar-refractivity contribution in [2.24, 2.45) is 0 Å². The average Bonchev–Trinajstić information content (AvgIpc) is 3.08. The van der Waals surface area contributed by atoms with E-state index < -0.39 is 23.1 Å². The van der Waals surface area contributed by atoms with Crippen molar-refractivity contribution in [2.75, 3.05) is 6.26 Å². The van der Waals surface area contributed by atoms with Crippen LogP contribution in [-0.4, -0.2) is 27.7 Å². The summed E-state index contributed by atoms with van der Waals surface area (Å²) in [6.45, 7) is 1.61. The molecule has 0 bridgehead atoms. The topological polar surface area (TPSA) is 77.4 Å². The first-order valence-corrected chi connectivity index (χ1v) is 10.0. The van der Waals surface area contributed by atoms with E-state index in [1.807, 2.05) is 17.5 Å². The monoisotopic (exact) mass is 372 g/mol. The van der Waals surface area contributed by atoms with Crippen LogP contribution in [0.25, 0.3) is 10.1 Å². The molecule has 0 radical (unpaired) electrons. The second-order valence-corrected chi connectivity index (χ2v) is 8.07. The third kappa shape index (κ3) is 3.46. The fourth-order valence-corrected chi connectivity index (χ4v) is 4.03. The molecule has 6 heteroatoms. The number of hydrogen-bond donors (Lipinski definition) is 1. The Kier molecular flexibility index (Phi) is 4.94. The molecule has 0 amide bonds. The number of ketones is 1. The molecule has 2 atom stereocenters. The third-order valence-corrected chi connectivity index (χ3v) is 6.04. The molecule has 0 saturated carbocycles. The summed E-state index contributed by atoms with van der Waals surface area (Å²) in [6, 6.07) is 12.1. The van der Waals surface area contributed by atoms with Gasteiger partial charge in [0.2, 0.25) is 0 Å². The Hall–Kier alpha value is -2.15. The zero-order valence-electron chi connectivity index (χ0n) is 13.7. The molecule has 1 aromatic heterocycles. The summed E-state index contributed by atoms with van der Waals surface area (Å²) in [4.78, 5) is 24.9. The number of carbonyl (C=O) groups is 2. The largest absolute Gasteiger partial charge is 0.612 e. The summed E-state index contributed by atoms with van der Waals surface area (Å²) in [5.74, 6) is -1.79. The Labute approximate surface area is 152 Å². The van der Waals surface area contributed by atoms with Crippen LogP contribution >= 0.6 is 11.3 Å². The van der Waals surface area contributed by atoms with Crippen LogP contribution in [0, 0.1) is 0 Å². The Morgan fingerprint density at radius 1 is 1.16 bits per heavy atom. The standard InChI is InChI=1S/C19H16O4S2/c1-11(19(21)22)14-9-13-7-8-24-18(13)16(10-14)17(20)12-3-5-15(6-4-12)25(2)23/h3-11H,1-2H3,(H,21,22). The van der Waals surface area contributed by atoms with Crippen LogP contribution in [-0.2, 0) is 16.0 Å². The van der Waals surface area contributed by atoms with Crippen LogP contribution in [0.2, 0.25) is 0 Å². The van der Waals surface area contributed by atoms with Crippen LogP contribution in [0.15, 0.2) is 52.7 Å². The zero-order chi connectivity index (χ0) is 18.1. The van der Waals surface area contributed by atoms with Crippen molar-refractivity contribution in [1.82, 2.24) is 0 Å². The maximum absolute atomic E-state index is 13.0. The van der Waals surface area contributed by atoms with E-state index in [2.05, 4.69) is 0 Å². The maximum Gasteiger partial charge on any atom is 0.310 e. The minimum atomic E-state index is -1.10. The van der Waals surface area contributed by atoms with Gasteiger partial charge in [0, 0.05) is 15.8 Å². The predicted octanol–water partition coefficient (Wildman–Crippen LogP) is 4.06. The van der Waals surface area contributed by atoms with Crippen molar-refractivity contribution in [3.8, 4) is 0 Å². The lowest BCUT2D eigenvalue weighted by Crippen LogP contribution is -2.09. The number of thiophene rings is 1. The lowest BCUT2D eigenvalue weighted by molar-refractivity contribution is -0.138. The highest BCUT2D eigenvalue weighted by Crippen LogP contribution is 2.31. The first-order valence-electron chi connectivity index (χ1n) is 7.60. The molecule has 0 fully saturated rings. The maximum atomic E-state index is 13.0. The molecule has 0 spiro atoms. The van der Waals surface area contributed by atoms with Crippen molar-refractivity contribution >= 4 is 44.4 Å². The molecule has 0 saturated heterocycles. The molecule has 3 rings (SSSR count). The van der Waals surface area contributed by atoms with Gasteiger partial charge in [0.05, 0.1) is 5.92 Å². The van der Waals surface area contributed by atoms with Crippen LogP contribution in [0.3, 0.4) is 0 Å². The molecule has 128 valence electrons. The van der Waals surface area contributed by atoms with Crippen LogP contribution in [0.4, 0.5) is 0 Å². The molecule has 4 nitrogen and oxygen atoms in total. The Morgan fingerprint density at radius 2 is 1.84 bits per heavy atom. The van der Waals surface area contributed by atoms with Gasteiger partial charge < -0.3 is 9.66 Å². The summed E-state index contributed by atoms with van der Waals surface area (Å²) in [5, 5.41) is 12.0. The number of carboxylic acids is 1. The first-order chi connectivity index (χ1) is 11.9. The Balaban J connectivity index is 2.08. The second-order valence-electron chi connectivity index (χ2n) is 5.77. The molecule has 25 heavy (non-hydrogen) atoms. The highest BCUT2D eigenvalue weighted by atomic mass is 32.2. The Bertz CT molecular complexity index is 942. The molecule has 3 aromatic rings. The highest BCUT2D eigenvalue weighted by molar-refractivity contribution is 7.90. The fourth-order valence-electron chi connectivity index (χ4n) is 2.62. The fraction of sp³-hybridized carbons (Fsp3) is 0.158. The van der Waals surface area contributed by atoms with Gasteiger partial charge in [-0.2, -0.15) is 0 Å². The van der Waals surface area contributed by atoms with Crippen molar-refractivity contribution in [2.45, 2.75) is 17.7 Å². The highest BCUT2D eigenvalue weighted by Gasteiger charge is 2.20. The minimum Gasteiger partial charge on any atom is -0.612 e. The van der Waals surface area contributed by atoms with Crippen LogP contribution in [0.1, 0.15) is 34.3 Å².